The molecule has 0 aliphatic heterocycles. The first-order valence-corrected chi connectivity index (χ1v) is 4.23. The van der Waals surface area contributed by atoms with Crippen molar-refractivity contribution in [2.24, 2.45) is 5.11 Å². The molecule has 1 aromatic heterocycles. The number of nitrogens with two attached hydrogens (primary N) is 1. The first-order chi connectivity index (χ1) is 7.15. The predicted molar refractivity (Wildman–Crippen MR) is 53.6 cm³/mol. The van der Waals surface area contributed by atoms with Gasteiger partial charge in [-0.2, -0.15) is 0 Å². The molecule has 4 N–H and O–H groups in total. The minimum absolute atomic E-state index is 0.205. The van der Waals surface area contributed by atoms with Gasteiger partial charge in [-0.05, 0) is 17.7 Å². The maximum Gasteiger partial charge on any atom is 0.122 e. The summed E-state index contributed by atoms with van der Waals surface area (Å²) in [5.74, 6) is 0. The summed E-state index contributed by atoms with van der Waals surface area (Å²) in [6.07, 6.45) is -0.980. The largest absolute Gasteiger partial charge is 0.397 e. The molecule has 0 radical (unpaired) electrons. The number of anilines is 1. The van der Waals surface area contributed by atoms with Crippen molar-refractivity contribution in [1.29, 1.82) is 0 Å². The first-order valence-electron chi connectivity index (χ1n) is 4.23. The molecule has 15 heavy (non-hydrogen) atoms. The SMILES string of the molecule is [N-]=[N+]=NCC(O)C(O)c1ccc(N)cn1. The van der Waals surface area contributed by atoms with E-state index in [-0.39, 0.29) is 12.2 Å². The predicted octanol–water partition coefficient (Wildman–Crippen LogP) is 0.368. The molecule has 0 aromatic carbocycles. The van der Waals surface area contributed by atoms with Crippen molar-refractivity contribution in [1.82, 2.24) is 4.98 Å². The van der Waals surface area contributed by atoms with E-state index in [1.54, 1.807) is 6.07 Å². The van der Waals surface area contributed by atoms with Gasteiger partial charge in [0.15, 0.2) is 0 Å². The van der Waals surface area contributed by atoms with E-state index in [1.807, 2.05) is 0 Å². The van der Waals surface area contributed by atoms with Crippen molar-refractivity contribution in [3.05, 3.63) is 34.5 Å². The average molecular weight is 209 g/mol. The number of pyridine rings is 1. The quantitative estimate of drug-likeness (QED) is 0.375. The van der Waals surface area contributed by atoms with Crippen LogP contribution in [0.3, 0.4) is 0 Å². The fourth-order valence-electron chi connectivity index (χ4n) is 1.01. The molecule has 0 fully saturated rings. The highest BCUT2D eigenvalue weighted by Crippen LogP contribution is 2.15. The highest BCUT2D eigenvalue weighted by Gasteiger charge is 2.18. The number of aliphatic hydroxyl groups is 2. The molecule has 0 saturated carbocycles. The van der Waals surface area contributed by atoms with E-state index in [0.717, 1.165) is 0 Å². The van der Waals surface area contributed by atoms with Gasteiger partial charge in [0.2, 0.25) is 0 Å². The second kappa shape index (κ2) is 5.16. The molecule has 0 amide bonds. The Morgan fingerprint density at radius 3 is 2.80 bits per heavy atom. The maximum absolute atomic E-state index is 9.57. The second-order valence-corrected chi connectivity index (χ2v) is 2.94. The standard InChI is InChI=1S/C8H11N5O2/c9-5-1-2-6(11-3-5)8(15)7(14)4-12-13-10/h1-3,7-8,14-15H,4,9H2. The van der Waals surface area contributed by atoms with E-state index in [1.165, 1.54) is 12.3 Å². The lowest BCUT2D eigenvalue weighted by atomic mass is 10.1. The third kappa shape index (κ3) is 3.10. The van der Waals surface area contributed by atoms with E-state index in [0.29, 0.717) is 5.69 Å². The van der Waals surface area contributed by atoms with Crippen LogP contribution in [-0.2, 0) is 0 Å². The lowest BCUT2D eigenvalue weighted by Crippen LogP contribution is -2.21. The summed E-state index contributed by atoms with van der Waals surface area (Å²) >= 11 is 0. The van der Waals surface area contributed by atoms with Gasteiger partial charge in [-0.3, -0.25) is 4.98 Å². The lowest BCUT2D eigenvalue weighted by Gasteiger charge is -2.14. The molecule has 0 saturated heterocycles. The number of nitrogens with zero attached hydrogens (tertiary/aromatic N) is 4. The smallest absolute Gasteiger partial charge is 0.122 e. The monoisotopic (exact) mass is 209 g/mol. The average Bonchev–Trinajstić information content (AvgIpc) is 2.26. The zero-order valence-electron chi connectivity index (χ0n) is 7.85. The Balaban J connectivity index is 2.70. The van der Waals surface area contributed by atoms with Gasteiger partial charge in [0.05, 0.1) is 30.2 Å². The Bertz CT molecular complexity index is 360. The summed E-state index contributed by atoms with van der Waals surface area (Å²) in [5.41, 5.74) is 14.2. The summed E-state index contributed by atoms with van der Waals surface area (Å²) in [6, 6.07) is 3.06. The zero-order chi connectivity index (χ0) is 11.3. The Labute approximate surface area is 85.8 Å². The van der Waals surface area contributed by atoms with Crippen molar-refractivity contribution in [2.45, 2.75) is 12.2 Å². The third-order valence-corrected chi connectivity index (χ3v) is 1.81. The Morgan fingerprint density at radius 2 is 2.27 bits per heavy atom. The van der Waals surface area contributed by atoms with Crippen molar-refractivity contribution in [3.63, 3.8) is 0 Å². The number of rotatable bonds is 4. The molecule has 2 atom stereocenters. The van der Waals surface area contributed by atoms with Crippen LogP contribution in [-0.4, -0.2) is 27.8 Å². The van der Waals surface area contributed by atoms with Crippen LogP contribution in [0.15, 0.2) is 23.4 Å². The number of nitrogen functional groups attached to an aromatic ring is 1. The van der Waals surface area contributed by atoms with Gasteiger partial charge in [-0.25, -0.2) is 0 Å². The number of aliphatic hydroxyl groups excluding tert-OH is 2. The Kier molecular flexibility index (Phi) is 3.87. The van der Waals surface area contributed by atoms with Gasteiger partial charge >= 0.3 is 0 Å². The van der Waals surface area contributed by atoms with Crippen LogP contribution < -0.4 is 5.73 Å². The van der Waals surface area contributed by atoms with Crippen molar-refractivity contribution < 1.29 is 10.2 Å². The number of aromatic nitrogens is 1. The van der Waals surface area contributed by atoms with Crippen LogP contribution in [0.1, 0.15) is 11.8 Å². The highest BCUT2D eigenvalue weighted by molar-refractivity contribution is 5.35. The van der Waals surface area contributed by atoms with Crippen LogP contribution in [0.4, 0.5) is 5.69 Å². The van der Waals surface area contributed by atoms with E-state index >= 15 is 0 Å². The molecule has 2 unspecified atom stereocenters. The highest BCUT2D eigenvalue weighted by atomic mass is 16.3. The second-order valence-electron chi connectivity index (χ2n) is 2.94. The summed E-state index contributed by atoms with van der Waals surface area (Å²) in [5, 5.41) is 22.1. The number of hydrogen-bond donors (Lipinski definition) is 3. The minimum atomic E-state index is -1.18. The van der Waals surface area contributed by atoms with Crippen LogP contribution in [0.2, 0.25) is 0 Å². The molecule has 0 aliphatic rings. The fourth-order valence-corrected chi connectivity index (χ4v) is 1.01. The maximum atomic E-state index is 9.57. The Hall–Kier alpha value is -1.82. The molecule has 1 heterocycles. The molecular formula is C8H11N5O2. The lowest BCUT2D eigenvalue weighted by molar-refractivity contribution is 0.0218. The van der Waals surface area contributed by atoms with Crippen molar-refractivity contribution >= 4 is 5.69 Å². The number of azide groups is 1. The van der Waals surface area contributed by atoms with Crippen LogP contribution in [0, 0.1) is 0 Å². The van der Waals surface area contributed by atoms with Crippen LogP contribution >= 0.6 is 0 Å². The van der Waals surface area contributed by atoms with Gasteiger partial charge in [-0.15, -0.1) is 0 Å². The molecule has 7 heteroatoms. The van der Waals surface area contributed by atoms with Gasteiger partial charge in [-0.1, -0.05) is 5.11 Å². The molecule has 7 nitrogen and oxygen atoms in total. The molecule has 0 aliphatic carbocycles. The molecule has 80 valence electrons. The van der Waals surface area contributed by atoms with Crippen molar-refractivity contribution in [2.75, 3.05) is 12.3 Å². The molecule has 1 aromatic rings. The van der Waals surface area contributed by atoms with Gasteiger partial charge in [0, 0.05) is 4.91 Å². The van der Waals surface area contributed by atoms with Crippen LogP contribution in [0.5, 0.6) is 0 Å². The van der Waals surface area contributed by atoms with Crippen LogP contribution in [0.25, 0.3) is 10.4 Å². The normalized spacial score (nSPS) is 14.0. The van der Waals surface area contributed by atoms with Gasteiger partial charge < -0.3 is 15.9 Å². The fraction of sp³-hybridized carbons (Fsp3) is 0.375. The van der Waals surface area contributed by atoms with E-state index in [2.05, 4.69) is 15.0 Å². The summed E-state index contributed by atoms with van der Waals surface area (Å²) in [4.78, 5) is 6.32. The van der Waals surface area contributed by atoms with Crippen molar-refractivity contribution in [3.8, 4) is 0 Å². The zero-order valence-corrected chi connectivity index (χ0v) is 7.85. The third-order valence-electron chi connectivity index (χ3n) is 1.81. The topological polar surface area (TPSA) is 128 Å². The summed E-state index contributed by atoms with van der Waals surface area (Å²) in [6.45, 7) is -0.205. The van der Waals surface area contributed by atoms with E-state index in [4.69, 9.17) is 11.3 Å². The van der Waals surface area contributed by atoms with E-state index < -0.39 is 12.2 Å². The molecule has 1 rings (SSSR count). The summed E-state index contributed by atoms with van der Waals surface area (Å²) in [7, 11) is 0. The first kappa shape index (κ1) is 11.3. The Morgan fingerprint density at radius 1 is 1.53 bits per heavy atom. The number of hydrogen-bond acceptors (Lipinski definition) is 5. The van der Waals surface area contributed by atoms with E-state index in [9.17, 15) is 10.2 Å². The van der Waals surface area contributed by atoms with Gasteiger partial charge in [0.1, 0.15) is 6.10 Å². The molecular weight excluding hydrogens is 198 g/mol. The molecule has 0 spiro atoms. The minimum Gasteiger partial charge on any atom is -0.397 e. The molecule has 0 bridgehead atoms. The van der Waals surface area contributed by atoms with Gasteiger partial charge in [0.25, 0.3) is 0 Å². The summed E-state index contributed by atoms with van der Waals surface area (Å²) < 4.78 is 0.